The van der Waals surface area contributed by atoms with Gasteiger partial charge in [0.2, 0.25) is 0 Å². The van der Waals surface area contributed by atoms with Gasteiger partial charge in [-0.15, -0.1) is 0 Å². The molecule has 3 aliphatic heterocycles. The molecule has 15 rings (SSSR count). The smallest absolute Gasteiger partial charge is 0.252 e. The lowest BCUT2D eigenvalue weighted by Gasteiger charge is -2.51. The molecule has 8 aromatic rings. The number of rotatable bonds is 4. The van der Waals surface area contributed by atoms with E-state index in [1.165, 1.54) is 154 Å². The summed E-state index contributed by atoms with van der Waals surface area (Å²) in [5.74, 6) is 0. The van der Waals surface area contributed by atoms with Gasteiger partial charge >= 0.3 is 0 Å². The van der Waals surface area contributed by atoms with E-state index in [4.69, 9.17) is 0 Å². The highest BCUT2D eigenvalue weighted by Crippen LogP contribution is 2.63. The van der Waals surface area contributed by atoms with E-state index < -0.39 is 0 Å². The minimum absolute atomic E-state index is 0.00491. The topological polar surface area (TPSA) is 9.72 Å². The lowest BCUT2D eigenvalue weighted by atomic mass is 9.33. The largest absolute Gasteiger partial charge is 0.334 e. The molecule has 0 aromatic heterocycles. The Balaban J connectivity index is 1.13. The van der Waals surface area contributed by atoms with Gasteiger partial charge < -0.3 is 14.7 Å². The molecule has 0 spiro atoms. The Kier molecular flexibility index (Phi) is 11.0. The first kappa shape index (κ1) is 53.0. The van der Waals surface area contributed by atoms with E-state index in [-0.39, 0.29) is 50.2 Å². The predicted octanol–water partition coefficient (Wildman–Crippen LogP) is 19.5. The van der Waals surface area contributed by atoms with Gasteiger partial charge in [-0.2, -0.15) is 0 Å². The van der Waals surface area contributed by atoms with Gasteiger partial charge in [0.1, 0.15) is 0 Å². The van der Waals surface area contributed by atoms with Crippen molar-refractivity contribution in [2.45, 2.75) is 199 Å². The minimum Gasteiger partial charge on any atom is -0.334 e. The summed E-state index contributed by atoms with van der Waals surface area (Å²) in [6.07, 6.45) is 9.45. The normalized spacial score (nSPS) is 23.0. The molecule has 0 amide bonds. The Labute approximate surface area is 497 Å². The Bertz CT molecular complexity index is 4070. The van der Waals surface area contributed by atoms with Gasteiger partial charge in [0.25, 0.3) is 6.71 Å². The van der Waals surface area contributed by atoms with E-state index >= 15 is 0 Å². The average Bonchev–Trinajstić information content (AvgIpc) is 1.68. The SMILES string of the molecule is CC(C)(C)c1ccc(N2c3cc4c(cc3B3c5cc6c(cc5N(c5ccc7c(c5)C(C)(C)CCC7(C)C)c5cc(N7c8ccccc8C8(C)CCCCC78C)cc2c53)C(C)(C)CCC6(C)C)C(C)(C)c2ccccc2-4)c(-c2ccccc2)c1. The number of hydrogen-bond acceptors (Lipinski definition) is 3. The lowest BCUT2D eigenvalue weighted by molar-refractivity contribution is 0.195. The van der Waals surface area contributed by atoms with Crippen LogP contribution < -0.4 is 31.1 Å². The van der Waals surface area contributed by atoms with Crippen LogP contribution in [0.5, 0.6) is 0 Å². The van der Waals surface area contributed by atoms with Gasteiger partial charge in [-0.05, 0) is 205 Å². The number of para-hydroxylation sites is 1. The van der Waals surface area contributed by atoms with E-state index in [1.54, 1.807) is 0 Å². The third kappa shape index (κ3) is 7.29. The van der Waals surface area contributed by atoms with Crippen LogP contribution in [-0.2, 0) is 37.9 Å². The highest BCUT2D eigenvalue weighted by molar-refractivity contribution is 7.00. The maximum Gasteiger partial charge on any atom is 0.252 e. The maximum atomic E-state index is 2.86. The zero-order chi connectivity index (χ0) is 57.9. The molecule has 83 heavy (non-hydrogen) atoms. The first-order valence-electron chi connectivity index (χ1n) is 31.8. The van der Waals surface area contributed by atoms with Gasteiger partial charge in [0.05, 0.1) is 11.2 Å². The van der Waals surface area contributed by atoms with E-state index in [1.807, 2.05) is 0 Å². The molecule has 1 fully saturated rings. The minimum atomic E-state index is -0.192. The molecular weight excluding hydrogens is 1000 g/mol. The van der Waals surface area contributed by atoms with Crippen molar-refractivity contribution in [1.82, 2.24) is 0 Å². The van der Waals surface area contributed by atoms with E-state index in [2.05, 4.69) is 270 Å². The molecule has 7 aliphatic rings. The highest BCUT2D eigenvalue weighted by atomic mass is 15.3. The molecule has 8 aromatic carbocycles. The van der Waals surface area contributed by atoms with Crippen LogP contribution in [0, 0.1) is 0 Å². The van der Waals surface area contributed by atoms with Gasteiger partial charge in [-0.3, -0.25) is 0 Å². The Morgan fingerprint density at radius 1 is 0.373 bits per heavy atom. The molecule has 4 heteroatoms. The van der Waals surface area contributed by atoms with Crippen molar-refractivity contribution in [2.75, 3.05) is 14.7 Å². The second-order valence-corrected chi connectivity index (χ2v) is 31.4. The Morgan fingerprint density at radius 3 is 1.63 bits per heavy atom. The van der Waals surface area contributed by atoms with Crippen LogP contribution in [-0.4, -0.2) is 12.3 Å². The fourth-order valence-electron chi connectivity index (χ4n) is 17.8. The molecule has 3 heterocycles. The van der Waals surface area contributed by atoms with Crippen LogP contribution in [0.4, 0.5) is 45.5 Å². The second-order valence-electron chi connectivity index (χ2n) is 31.4. The molecule has 0 N–H and O–H groups in total. The molecule has 4 aliphatic carbocycles. The summed E-state index contributed by atoms with van der Waals surface area (Å²) in [5, 5.41) is 0. The van der Waals surface area contributed by atoms with Crippen molar-refractivity contribution in [3.8, 4) is 22.3 Å². The summed E-state index contributed by atoms with van der Waals surface area (Å²) in [6, 6.07) is 61.4. The fourth-order valence-corrected chi connectivity index (χ4v) is 17.8. The van der Waals surface area contributed by atoms with Crippen LogP contribution in [0.15, 0.2) is 152 Å². The van der Waals surface area contributed by atoms with Gasteiger partial charge in [0, 0.05) is 56.2 Å². The first-order valence-corrected chi connectivity index (χ1v) is 31.8. The first-order chi connectivity index (χ1) is 39.3. The van der Waals surface area contributed by atoms with E-state index in [9.17, 15) is 0 Å². The number of anilines is 8. The quantitative estimate of drug-likeness (QED) is 0.163. The molecular formula is C79H86BN3. The molecule has 0 saturated heterocycles. The third-order valence-electron chi connectivity index (χ3n) is 23.3. The van der Waals surface area contributed by atoms with Crippen LogP contribution in [0.3, 0.4) is 0 Å². The van der Waals surface area contributed by atoms with Crippen molar-refractivity contribution in [3.63, 3.8) is 0 Å². The Morgan fingerprint density at radius 2 is 0.940 bits per heavy atom. The van der Waals surface area contributed by atoms with Crippen LogP contribution in [0.1, 0.15) is 200 Å². The fraction of sp³-hybridized carbons (Fsp3) is 0.392. The number of nitrogens with zero attached hydrogens (tertiary/aromatic N) is 3. The van der Waals surface area contributed by atoms with Gasteiger partial charge in [-0.25, -0.2) is 0 Å². The zero-order valence-corrected chi connectivity index (χ0v) is 52.5. The molecule has 1 saturated carbocycles. The number of hydrogen-bond donors (Lipinski definition) is 0. The summed E-state index contributed by atoms with van der Waals surface area (Å²) in [6.45, 7) is 37.3. The van der Waals surface area contributed by atoms with Crippen LogP contribution in [0.25, 0.3) is 22.3 Å². The van der Waals surface area contributed by atoms with Crippen molar-refractivity contribution < 1.29 is 0 Å². The maximum absolute atomic E-state index is 2.86. The van der Waals surface area contributed by atoms with E-state index in [0.717, 1.165) is 25.7 Å². The predicted molar refractivity (Wildman–Crippen MR) is 356 cm³/mol. The van der Waals surface area contributed by atoms with E-state index in [0.29, 0.717) is 0 Å². The van der Waals surface area contributed by atoms with Crippen LogP contribution >= 0.6 is 0 Å². The zero-order valence-electron chi connectivity index (χ0n) is 52.5. The summed E-state index contributed by atoms with van der Waals surface area (Å²) >= 11 is 0. The molecule has 0 bridgehead atoms. The molecule has 0 radical (unpaired) electrons. The number of benzene rings is 8. The van der Waals surface area contributed by atoms with Gasteiger partial charge in [-0.1, -0.05) is 207 Å². The molecule has 3 nitrogen and oxygen atoms in total. The molecule has 2 atom stereocenters. The average molecular weight is 1090 g/mol. The van der Waals surface area contributed by atoms with Crippen molar-refractivity contribution in [1.29, 1.82) is 0 Å². The second kappa shape index (κ2) is 17.2. The highest BCUT2D eigenvalue weighted by Gasteiger charge is 2.58. The summed E-state index contributed by atoms with van der Waals surface area (Å²) in [5.41, 5.74) is 31.1. The molecule has 2 unspecified atom stereocenters. The third-order valence-corrected chi connectivity index (χ3v) is 23.3. The number of fused-ring (bicyclic) bond motifs is 12. The Hall–Kier alpha value is -6.78. The monoisotopic (exact) mass is 1090 g/mol. The van der Waals surface area contributed by atoms with Crippen molar-refractivity contribution in [2.24, 2.45) is 0 Å². The lowest BCUT2D eigenvalue weighted by Crippen LogP contribution is -2.62. The van der Waals surface area contributed by atoms with Crippen molar-refractivity contribution >= 4 is 68.6 Å². The summed E-state index contributed by atoms with van der Waals surface area (Å²) in [7, 11) is 0. The van der Waals surface area contributed by atoms with Crippen molar-refractivity contribution in [3.05, 3.63) is 196 Å². The summed E-state index contributed by atoms with van der Waals surface area (Å²) < 4.78 is 0. The van der Waals surface area contributed by atoms with Gasteiger partial charge in [0.15, 0.2) is 0 Å². The standard InChI is InChI=1S/C79H86BN3/c1-72(2,3)50-31-34-65(54(41-50)49-25-17-16-18-26-49)82-67-45-55-53-27-19-20-28-56(53)77(12,13)59(55)46-63(67)80-64-47-61-62(76(10,11)40-39-75(61,8)9)48-68(64)81(51-32-33-57-60(42-51)74(6,7)38-37-73(57,4)5)69-43-52(44-70(82)71(69)80)83-66-30-22-21-29-58(66)78(14)35-23-24-36-79(78,83)15/h16-22,25-34,41-48H,23-24,35-40H2,1-15H3. The molecule has 420 valence electrons. The summed E-state index contributed by atoms with van der Waals surface area (Å²) in [4.78, 5) is 8.42. The van der Waals surface area contributed by atoms with Crippen LogP contribution in [0.2, 0.25) is 0 Å².